The van der Waals surface area contributed by atoms with Gasteiger partial charge >= 0.3 is 5.97 Å². The summed E-state index contributed by atoms with van der Waals surface area (Å²) in [5, 5.41) is 2.94. The van der Waals surface area contributed by atoms with E-state index in [1.807, 2.05) is 31.2 Å². The maximum Gasteiger partial charge on any atom is 0.350 e. The number of esters is 1. The van der Waals surface area contributed by atoms with E-state index in [0.717, 1.165) is 25.9 Å². The molecule has 0 fully saturated rings. The van der Waals surface area contributed by atoms with Gasteiger partial charge < -0.3 is 10.1 Å². The van der Waals surface area contributed by atoms with Gasteiger partial charge in [-0.05, 0) is 32.4 Å². The van der Waals surface area contributed by atoms with Crippen molar-refractivity contribution < 1.29 is 14.3 Å². The summed E-state index contributed by atoms with van der Waals surface area (Å²) in [5.74, 6) is -0.560. The van der Waals surface area contributed by atoms with Crippen molar-refractivity contribution in [2.75, 3.05) is 11.9 Å². The molecular weight excluding hydrogens is 402 g/mol. The number of carbonyl (C=O) groups is 2. The molecule has 3 rings (SSSR count). The summed E-state index contributed by atoms with van der Waals surface area (Å²) in [5.41, 5.74) is 1.50. The van der Waals surface area contributed by atoms with Crippen molar-refractivity contribution in [2.45, 2.75) is 36.8 Å². The number of carbonyl (C=O) groups excluding carboxylic acids is 2. The molecule has 0 saturated heterocycles. The van der Waals surface area contributed by atoms with E-state index in [1.165, 1.54) is 11.8 Å². The monoisotopic (exact) mass is 421 g/mol. The zero-order chi connectivity index (χ0) is 19.4. The molecule has 0 bridgehead atoms. The van der Waals surface area contributed by atoms with E-state index in [4.69, 9.17) is 4.74 Å². The Bertz CT molecular complexity index is 934. The highest BCUT2D eigenvalue weighted by Gasteiger charge is 2.23. The summed E-state index contributed by atoms with van der Waals surface area (Å²) in [4.78, 5) is 33.9. The number of thiazole rings is 2. The van der Waals surface area contributed by atoms with E-state index >= 15 is 0 Å². The van der Waals surface area contributed by atoms with Gasteiger partial charge in [-0.15, -0.1) is 11.3 Å². The van der Waals surface area contributed by atoms with Crippen LogP contribution in [-0.2, 0) is 9.53 Å². The van der Waals surface area contributed by atoms with Crippen molar-refractivity contribution in [3.05, 3.63) is 34.8 Å². The molecule has 1 atom stereocenters. The lowest BCUT2D eigenvalue weighted by molar-refractivity contribution is -0.115. The van der Waals surface area contributed by atoms with Crippen LogP contribution in [0.2, 0.25) is 0 Å². The highest BCUT2D eigenvalue weighted by atomic mass is 32.2. The summed E-state index contributed by atoms with van der Waals surface area (Å²) in [6.45, 7) is 5.74. The summed E-state index contributed by atoms with van der Waals surface area (Å²) in [7, 11) is 0. The fourth-order valence-electron chi connectivity index (χ4n) is 2.37. The van der Waals surface area contributed by atoms with Gasteiger partial charge in [0.05, 0.1) is 27.8 Å². The molecule has 0 saturated carbocycles. The van der Waals surface area contributed by atoms with Crippen molar-refractivity contribution in [3.63, 3.8) is 0 Å². The van der Waals surface area contributed by atoms with E-state index in [0.29, 0.717) is 28.7 Å². The Kier molecular flexibility index (Phi) is 6.46. The Balaban J connectivity index is 1.70. The number of rotatable bonds is 7. The maximum atomic E-state index is 12.7. The molecule has 1 N–H and O–H groups in total. The standard InChI is InChI=1S/C18H19N3O3S3/c1-4-12(25-18-20-11-8-6-7-9-13(11)26-18)15(22)21-17-19-10(3)14(27-17)16(23)24-5-2/h6-9,12H,4-5H2,1-3H3,(H,19,21,22). The molecule has 0 spiro atoms. The van der Waals surface area contributed by atoms with Gasteiger partial charge in [0.25, 0.3) is 0 Å². The van der Waals surface area contributed by atoms with Gasteiger partial charge in [-0.1, -0.05) is 42.2 Å². The predicted molar refractivity (Wildman–Crippen MR) is 111 cm³/mol. The fraction of sp³-hybridized carbons (Fsp3) is 0.333. The molecule has 9 heteroatoms. The van der Waals surface area contributed by atoms with Gasteiger partial charge in [0.15, 0.2) is 9.47 Å². The Labute approximate surface area is 169 Å². The van der Waals surface area contributed by atoms with Crippen LogP contribution < -0.4 is 5.32 Å². The number of anilines is 1. The first-order chi connectivity index (χ1) is 13.0. The van der Waals surface area contributed by atoms with E-state index < -0.39 is 5.97 Å². The van der Waals surface area contributed by atoms with Gasteiger partial charge in [-0.2, -0.15) is 0 Å². The molecule has 2 heterocycles. The van der Waals surface area contributed by atoms with Gasteiger partial charge in [0.1, 0.15) is 4.88 Å². The van der Waals surface area contributed by atoms with Crippen molar-refractivity contribution >= 4 is 61.7 Å². The first kappa shape index (κ1) is 19.8. The lowest BCUT2D eigenvalue weighted by Gasteiger charge is -2.11. The van der Waals surface area contributed by atoms with E-state index in [-0.39, 0.29) is 11.2 Å². The van der Waals surface area contributed by atoms with Gasteiger partial charge in [-0.25, -0.2) is 14.8 Å². The Hall–Kier alpha value is -1.97. The van der Waals surface area contributed by atoms with Crippen LogP contribution in [0.25, 0.3) is 10.2 Å². The normalized spacial score (nSPS) is 12.1. The van der Waals surface area contributed by atoms with Crippen molar-refractivity contribution in [3.8, 4) is 0 Å². The molecule has 2 aromatic heterocycles. The van der Waals surface area contributed by atoms with Crippen molar-refractivity contribution in [2.24, 2.45) is 0 Å². The third kappa shape index (κ3) is 4.66. The number of nitrogens with one attached hydrogen (secondary N) is 1. The second-order valence-electron chi connectivity index (χ2n) is 5.61. The van der Waals surface area contributed by atoms with Crippen LogP contribution in [0.1, 0.15) is 35.6 Å². The molecule has 0 aliphatic rings. The fourth-order valence-corrected chi connectivity index (χ4v) is 5.46. The molecule has 1 unspecified atom stereocenters. The summed E-state index contributed by atoms with van der Waals surface area (Å²) >= 11 is 4.16. The minimum atomic E-state index is -0.413. The Morgan fingerprint density at radius 1 is 1.22 bits per heavy atom. The largest absolute Gasteiger partial charge is 0.462 e. The maximum absolute atomic E-state index is 12.7. The number of benzene rings is 1. The number of aryl methyl sites for hydroxylation is 1. The van der Waals surface area contributed by atoms with Crippen LogP contribution in [0.3, 0.4) is 0 Å². The predicted octanol–water partition coefficient (Wildman–Crippen LogP) is 4.75. The van der Waals surface area contributed by atoms with Crippen LogP contribution in [0.15, 0.2) is 28.6 Å². The Morgan fingerprint density at radius 2 is 2.00 bits per heavy atom. The summed E-state index contributed by atoms with van der Waals surface area (Å²) in [6.07, 6.45) is 0.654. The van der Waals surface area contributed by atoms with Crippen molar-refractivity contribution in [1.82, 2.24) is 9.97 Å². The van der Waals surface area contributed by atoms with E-state index in [9.17, 15) is 9.59 Å². The number of hydrogen-bond donors (Lipinski definition) is 1. The number of para-hydroxylation sites is 1. The molecule has 142 valence electrons. The molecule has 3 aromatic rings. The number of thioether (sulfide) groups is 1. The van der Waals surface area contributed by atoms with E-state index in [2.05, 4.69) is 15.3 Å². The lowest BCUT2D eigenvalue weighted by Crippen LogP contribution is -2.24. The van der Waals surface area contributed by atoms with Gasteiger partial charge in [-0.3, -0.25) is 4.79 Å². The average Bonchev–Trinajstić information content (AvgIpc) is 3.22. The number of aromatic nitrogens is 2. The van der Waals surface area contributed by atoms with Crippen LogP contribution in [0.4, 0.5) is 5.13 Å². The van der Waals surface area contributed by atoms with E-state index in [1.54, 1.807) is 25.2 Å². The molecule has 6 nitrogen and oxygen atoms in total. The second-order valence-corrected chi connectivity index (χ2v) is 9.09. The van der Waals surface area contributed by atoms with Crippen molar-refractivity contribution in [1.29, 1.82) is 0 Å². The summed E-state index contributed by atoms with van der Waals surface area (Å²) < 4.78 is 6.97. The third-order valence-electron chi connectivity index (χ3n) is 3.67. The summed E-state index contributed by atoms with van der Waals surface area (Å²) in [6, 6.07) is 7.91. The zero-order valence-electron chi connectivity index (χ0n) is 15.1. The smallest absolute Gasteiger partial charge is 0.350 e. The number of hydrogen-bond acceptors (Lipinski definition) is 8. The molecule has 1 aromatic carbocycles. The number of ether oxygens (including phenoxy) is 1. The Morgan fingerprint density at radius 3 is 2.70 bits per heavy atom. The first-order valence-corrected chi connectivity index (χ1v) is 11.0. The van der Waals surface area contributed by atoms with Crippen LogP contribution in [0.5, 0.6) is 0 Å². The SMILES string of the molecule is CCOC(=O)c1sc(NC(=O)C(CC)Sc2nc3ccccc3s2)nc1C. The average molecular weight is 422 g/mol. The van der Waals surface area contributed by atoms with Gasteiger partial charge in [0, 0.05) is 0 Å². The van der Waals surface area contributed by atoms with Crippen LogP contribution >= 0.6 is 34.4 Å². The number of fused-ring (bicyclic) bond motifs is 1. The number of amides is 1. The minimum Gasteiger partial charge on any atom is -0.462 e. The molecule has 1 amide bonds. The highest BCUT2D eigenvalue weighted by Crippen LogP contribution is 2.34. The second kappa shape index (κ2) is 8.81. The minimum absolute atomic E-state index is 0.147. The molecule has 27 heavy (non-hydrogen) atoms. The number of nitrogens with zero attached hydrogens (tertiary/aromatic N) is 2. The molecule has 0 aliphatic carbocycles. The molecular formula is C18H19N3O3S3. The molecule has 0 aliphatic heterocycles. The topological polar surface area (TPSA) is 81.2 Å². The lowest BCUT2D eigenvalue weighted by atomic mass is 10.3. The quantitative estimate of drug-likeness (QED) is 0.438. The highest BCUT2D eigenvalue weighted by molar-refractivity contribution is 8.02. The van der Waals surface area contributed by atoms with Gasteiger partial charge in [0.2, 0.25) is 5.91 Å². The third-order valence-corrected chi connectivity index (χ3v) is 7.22. The van der Waals surface area contributed by atoms with Crippen LogP contribution in [0, 0.1) is 6.92 Å². The van der Waals surface area contributed by atoms with Crippen LogP contribution in [-0.4, -0.2) is 33.7 Å². The first-order valence-electron chi connectivity index (χ1n) is 8.49. The zero-order valence-corrected chi connectivity index (χ0v) is 17.6. The molecule has 0 radical (unpaired) electrons.